The first kappa shape index (κ1) is 18.0. The van der Waals surface area contributed by atoms with E-state index in [1.54, 1.807) is 23.0 Å². The first-order valence-corrected chi connectivity index (χ1v) is 11.4. The van der Waals surface area contributed by atoms with E-state index in [9.17, 15) is 9.59 Å². The first-order chi connectivity index (χ1) is 12.6. The molecule has 0 N–H and O–H groups in total. The van der Waals surface area contributed by atoms with E-state index in [1.807, 2.05) is 4.90 Å². The predicted octanol–water partition coefficient (Wildman–Crippen LogP) is 3.37. The van der Waals surface area contributed by atoms with Crippen LogP contribution in [0.2, 0.25) is 0 Å². The molecule has 0 spiro atoms. The Kier molecular flexibility index (Phi) is 5.36. The zero-order valence-electron chi connectivity index (χ0n) is 15.3. The molecule has 0 bridgehead atoms. The molecule has 140 valence electrons. The van der Waals surface area contributed by atoms with Crippen molar-refractivity contribution in [2.75, 3.05) is 18.8 Å². The molecule has 3 heterocycles. The molecular weight excluding hydrogens is 366 g/mol. The second-order valence-electron chi connectivity index (χ2n) is 7.23. The lowest BCUT2D eigenvalue weighted by molar-refractivity contribution is -0.128. The number of likely N-dealkylation sites (tertiary alicyclic amines) is 1. The number of rotatable bonds is 3. The third-order valence-electron chi connectivity index (χ3n) is 5.44. The number of nitrogens with zero attached hydrogens (tertiary/aromatic N) is 3. The molecule has 26 heavy (non-hydrogen) atoms. The van der Waals surface area contributed by atoms with Crippen LogP contribution in [0.5, 0.6) is 0 Å². The molecule has 2 aromatic heterocycles. The lowest BCUT2D eigenvalue weighted by Gasteiger charge is -2.20. The van der Waals surface area contributed by atoms with E-state index < -0.39 is 0 Å². The van der Waals surface area contributed by atoms with E-state index in [0.29, 0.717) is 10.9 Å². The Morgan fingerprint density at radius 1 is 1.12 bits per heavy atom. The summed E-state index contributed by atoms with van der Waals surface area (Å²) in [6.45, 7) is 1.73. The van der Waals surface area contributed by atoms with E-state index >= 15 is 0 Å². The van der Waals surface area contributed by atoms with Gasteiger partial charge in [-0.15, -0.1) is 11.3 Å². The molecule has 7 heteroatoms. The van der Waals surface area contributed by atoms with Gasteiger partial charge >= 0.3 is 0 Å². The van der Waals surface area contributed by atoms with Crippen LogP contribution in [0.3, 0.4) is 0 Å². The van der Waals surface area contributed by atoms with Gasteiger partial charge in [-0.2, -0.15) is 0 Å². The molecule has 2 aliphatic rings. The molecular formula is C19H25N3O2S2. The van der Waals surface area contributed by atoms with Gasteiger partial charge in [-0.25, -0.2) is 4.98 Å². The van der Waals surface area contributed by atoms with E-state index in [-0.39, 0.29) is 11.5 Å². The average Bonchev–Trinajstić information content (AvgIpc) is 2.82. The van der Waals surface area contributed by atoms with E-state index in [2.05, 4.69) is 0 Å². The summed E-state index contributed by atoms with van der Waals surface area (Å²) in [6, 6.07) is 0. The number of carbonyl (C=O) groups excluding carboxylic acids is 1. The van der Waals surface area contributed by atoms with Gasteiger partial charge in [0.2, 0.25) is 5.91 Å². The fourth-order valence-electron chi connectivity index (χ4n) is 3.93. The molecule has 5 nitrogen and oxygen atoms in total. The number of amides is 1. The number of hydrogen-bond donors (Lipinski definition) is 0. The Bertz CT molecular complexity index is 879. The minimum atomic E-state index is 0.0409. The van der Waals surface area contributed by atoms with Crippen LogP contribution in [-0.4, -0.2) is 39.2 Å². The molecule has 1 fully saturated rings. The predicted molar refractivity (Wildman–Crippen MR) is 107 cm³/mol. The number of thioether (sulfide) groups is 1. The molecule has 0 aromatic carbocycles. The van der Waals surface area contributed by atoms with Gasteiger partial charge in [-0.3, -0.25) is 14.2 Å². The quantitative estimate of drug-likeness (QED) is 0.595. The number of aryl methyl sites for hydroxylation is 2. The third kappa shape index (κ3) is 3.43. The van der Waals surface area contributed by atoms with Gasteiger partial charge in [-0.1, -0.05) is 24.6 Å². The van der Waals surface area contributed by atoms with Gasteiger partial charge < -0.3 is 4.90 Å². The molecule has 0 unspecified atom stereocenters. The van der Waals surface area contributed by atoms with Gasteiger partial charge in [0.15, 0.2) is 5.16 Å². The van der Waals surface area contributed by atoms with Crippen LogP contribution in [0.1, 0.15) is 49.0 Å². The number of thiophene rings is 1. The maximum atomic E-state index is 12.9. The van der Waals surface area contributed by atoms with Crippen LogP contribution >= 0.6 is 23.1 Å². The highest BCUT2D eigenvalue weighted by Crippen LogP contribution is 2.34. The molecule has 0 saturated carbocycles. The molecule has 1 aliphatic heterocycles. The maximum absolute atomic E-state index is 12.9. The van der Waals surface area contributed by atoms with Crippen LogP contribution in [0.4, 0.5) is 0 Å². The fraction of sp³-hybridized carbons (Fsp3) is 0.632. The Morgan fingerprint density at radius 3 is 2.62 bits per heavy atom. The summed E-state index contributed by atoms with van der Waals surface area (Å²) in [5.41, 5.74) is 1.26. The van der Waals surface area contributed by atoms with Crippen molar-refractivity contribution in [3.05, 3.63) is 20.8 Å². The Hall–Kier alpha value is -1.34. The molecule has 0 atom stereocenters. The number of aromatic nitrogens is 2. The smallest absolute Gasteiger partial charge is 0.262 e. The maximum Gasteiger partial charge on any atom is 0.262 e. The van der Waals surface area contributed by atoms with E-state index in [4.69, 9.17) is 4.98 Å². The van der Waals surface area contributed by atoms with Crippen LogP contribution < -0.4 is 5.56 Å². The minimum Gasteiger partial charge on any atom is -0.342 e. The van der Waals surface area contributed by atoms with Crippen molar-refractivity contribution < 1.29 is 4.79 Å². The van der Waals surface area contributed by atoms with Crippen molar-refractivity contribution in [1.29, 1.82) is 0 Å². The number of fused-ring (bicyclic) bond motifs is 3. The average molecular weight is 392 g/mol. The molecule has 0 radical (unpaired) electrons. The molecule has 1 aliphatic carbocycles. The van der Waals surface area contributed by atoms with Crippen molar-refractivity contribution in [2.24, 2.45) is 7.05 Å². The summed E-state index contributed by atoms with van der Waals surface area (Å²) >= 11 is 3.07. The molecule has 2 aromatic rings. The second kappa shape index (κ2) is 7.72. The van der Waals surface area contributed by atoms with Gasteiger partial charge in [0.1, 0.15) is 4.83 Å². The summed E-state index contributed by atoms with van der Waals surface area (Å²) < 4.78 is 1.63. The van der Waals surface area contributed by atoms with Gasteiger partial charge in [0, 0.05) is 25.0 Å². The highest BCUT2D eigenvalue weighted by atomic mass is 32.2. The Labute approximate surface area is 161 Å². The van der Waals surface area contributed by atoms with Gasteiger partial charge in [-0.05, 0) is 44.1 Å². The molecule has 4 rings (SSSR count). The van der Waals surface area contributed by atoms with Gasteiger partial charge in [0.05, 0.1) is 11.1 Å². The lowest BCUT2D eigenvalue weighted by atomic mass is 9.97. The Balaban J connectivity index is 1.56. The SMILES string of the molecule is Cn1c(SCC(=O)N2CCCCCC2)nc2sc3c(c2c1=O)CCCC3. The summed E-state index contributed by atoms with van der Waals surface area (Å²) in [5, 5.41) is 1.47. The second-order valence-corrected chi connectivity index (χ2v) is 9.26. The third-order valence-corrected chi connectivity index (χ3v) is 7.64. The highest BCUT2D eigenvalue weighted by molar-refractivity contribution is 7.99. The topological polar surface area (TPSA) is 55.2 Å². The fourth-order valence-corrected chi connectivity index (χ4v) is 6.11. The zero-order valence-corrected chi connectivity index (χ0v) is 16.9. The van der Waals surface area contributed by atoms with Gasteiger partial charge in [0.25, 0.3) is 5.56 Å². The van der Waals surface area contributed by atoms with Crippen LogP contribution in [0.15, 0.2) is 9.95 Å². The van der Waals surface area contributed by atoms with E-state index in [0.717, 1.165) is 55.4 Å². The summed E-state index contributed by atoms with van der Waals surface area (Å²) in [6.07, 6.45) is 9.04. The van der Waals surface area contributed by atoms with E-state index in [1.165, 1.54) is 41.5 Å². The first-order valence-electron chi connectivity index (χ1n) is 9.57. The van der Waals surface area contributed by atoms with Crippen molar-refractivity contribution >= 4 is 39.2 Å². The summed E-state index contributed by atoms with van der Waals surface area (Å²) in [7, 11) is 1.78. The van der Waals surface area contributed by atoms with Crippen LogP contribution in [-0.2, 0) is 24.7 Å². The number of hydrogen-bond acceptors (Lipinski definition) is 5. The normalized spacial score (nSPS) is 18.0. The molecule has 1 saturated heterocycles. The van der Waals surface area contributed by atoms with Crippen molar-refractivity contribution in [2.45, 2.75) is 56.5 Å². The summed E-state index contributed by atoms with van der Waals surface area (Å²) in [4.78, 5) is 34.3. The standard InChI is InChI=1S/C19H25N3O2S2/c1-21-18(24)16-13-8-4-5-9-14(13)26-17(16)20-19(21)25-12-15(23)22-10-6-2-3-7-11-22/h2-12H2,1H3. The minimum absolute atomic E-state index is 0.0409. The Morgan fingerprint density at radius 2 is 1.85 bits per heavy atom. The van der Waals surface area contributed by atoms with Crippen molar-refractivity contribution in [3.8, 4) is 0 Å². The van der Waals surface area contributed by atoms with Crippen molar-refractivity contribution in [1.82, 2.24) is 14.5 Å². The largest absolute Gasteiger partial charge is 0.342 e. The molecule has 1 amide bonds. The van der Waals surface area contributed by atoms with Crippen LogP contribution in [0, 0.1) is 0 Å². The number of carbonyl (C=O) groups is 1. The van der Waals surface area contributed by atoms with Crippen LogP contribution in [0.25, 0.3) is 10.2 Å². The summed E-state index contributed by atoms with van der Waals surface area (Å²) in [5.74, 6) is 0.522. The highest BCUT2D eigenvalue weighted by Gasteiger charge is 2.22. The lowest BCUT2D eigenvalue weighted by Crippen LogP contribution is -2.33. The zero-order chi connectivity index (χ0) is 18.1. The monoisotopic (exact) mass is 391 g/mol. The van der Waals surface area contributed by atoms with Crippen molar-refractivity contribution in [3.63, 3.8) is 0 Å².